The first kappa shape index (κ1) is 13.2. The van der Waals surface area contributed by atoms with Gasteiger partial charge < -0.3 is 0 Å². The van der Waals surface area contributed by atoms with Crippen LogP contribution in [0.4, 0.5) is 4.39 Å². The summed E-state index contributed by atoms with van der Waals surface area (Å²) in [7, 11) is 0. The van der Waals surface area contributed by atoms with Gasteiger partial charge in [0.25, 0.3) is 0 Å². The summed E-state index contributed by atoms with van der Waals surface area (Å²) in [6.45, 7) is 2.72. The first-order valence-corrected chi connectivity index (χ1v) is 6.40. The molecule has 0 saturated heterocycles. The van der Waals surface area contributed by atoms with Crippen molar-refractivity contribution in [2.75, 3.05) is 0 Å². The van der Waals surface area contributed by atoms with Gasteiger partial charge in [-0.05, 0) is 40.5 Å². The van der Waals surface area contributed by atoms with Crippen LogP contribution in [0.25, 0.3) is 0 Å². The van der Waals surface area contributed by atoms with E-state index in [0.29, 0.717) is 4.47 Å². The lowest BCUT2D eigenvalue weighted by atomic mass is 10.0. The lowest BCUT2D eigenvalue weighted by Gasteiger charge is -2.19. The molecule has 96 valence electrons. The Morgan fingerprint density at radius 3 is 2.94 bits per heavy atom. The third-order valence-electron chi connectivity index (χ3n) is 2.80. The van der Waals surface area contributed by atoms with Crippen LogP contribution in [0.15, 0.2) is 34.9 Å². The fraction of sp³-hybridized carbons (Fsp3) is 0.250. The van der Waals surface area contributed by atoms with Crippen molar-refractivity contribution in [3.05, 3.63) is 52.0 Å². The topological polar surface area (TPSA) is 55.9 Å². The number of hydrogen-bond donors (Lipinski definition) is 2. The molecule has 1 unspecified atom stereocenters. The number of rotatable bonds is 4. The van der Waals surface area contributed by atoms with Crippen molar-refractivity contribution in [2.45, 2.75) is 19.5 Å². The molecule has 4 nitrogen and oxygen atoms in total. The zero-order valence-electron chi connectivity index (χ0n) is 9.90. The summed E-state index contributed by atoms with van der Waals surface area (Å²) in [5, 5.41) is 4.19. The molecule has 0 radical (unpaired) electrons. The molecule has 1 aromatic heterocycles. The van der Waals surface area contributed by atoms with Gasteiger partial charge in [-0.25, -0.2) is 9.82 Å². The first-order valence-electron chi connectivity index (χ1n) is 5.60. The van der Waals surface area contributed by atoms with Crippen molar-refractivity contribution in [2.24, 2.45) is 5.84 Å². The Morgan fingerprint density at radius 1 is 1.50 bits per heavy atom. The molecule has 6 heteroatoms. The molecule has 0 saturated carbocycles. The summed E-state index contributed by atoms with van der Waals surface area (Å²) in [5.41, 5.74) is 4.34. The monoisotopic (exact) mass is 312 g/mol. The lowest BCUT2D eigenvalue weighted by Crippen LogP contribution is -2.31. The molecule has 2 aromatic rings. The minimum Gasteiger partial charge on any atom is -0.271 e. The van der Waals surface area contributed by atoms with E-state index in [0.717, 1.165) is 17.8 Å². The van der Waals surface area contributed by atoms with Crippen molar-refractivity contribution in [1.29, 1.82) is 0 Å². The predicted octanol–water partition coefficient (Wildman–Crippen LogP) is 2.36. The third kappa shape index (κ3) is 2.31. The third-order valence-corrected chi connectivity index (χ3v) is 3.64. The molecule has 0 fully saturated rings. The number of nitrogens with zero attached hydrogens (tertiary/aromatic N) is 2. The molecule has 2 rings (SSSR count). The molecule has 1 aromatic carbocycles. The van der Waals surface area contributed by atoms with Crippen LogP contribution in [0, 0.1) is 5.82 Å². The zero-order chi connectivity index (χ0) is 13.1. The number of benzene rings is 1. The molecule has 3 N–H and O–H groups in total. The van der Waals surface area contributed by atoms with Gasteiger partial charge in [-0.15, -0.1) is 0 Å². The molecule has 0 aliphatic carbocycles. The average Bonchev–Trinajstić information content (AvgIpc) is 2.83. The summed E-state index contributed by atoms with van der Waals surface area (Å²) in [6, 6.07) is 6.44. The molecule has 0 spiro atoms. The fourth-order valence-electron chi connectivity index (χ4n) is 1.93. The molecule has 1 heterocycles. The number of aromatic nitrogens is 2. The second-order valence-electron chi connectivity index (χ2n) is 3.81. The predicted molar refractivity (Wildman–Crippen MR) is 71.2 cm³/mol. The van der Waals surface area contributed by atoms with Crippen molar-refractivity contribution in [3.63, 3.8) is 0 Å². The normalized spacial score (nSPS) is 12.7. The van der Waals surface area contributed by atoms with Crippen LogP contribution in [-0.4, -0.2) is 9.78 Å². The van der Waals surface area contributed by atoms with E-state index in [1.807, 2.05) is 23.7 Å². The van der Waals surface area contributed by atoms with Crippen LogP contribution >= 0.6 is 15.9 Å². The minimum atomic E-state index is -0.310. The van der Waals surface area contributed by atoms with E-state index in [4.69, 9.17) is 5.84 Å². The molecular weight excluding hydrogens is 299 g/mol. The number of nitrogens with two attached hydrogens (primary N) is 1. The van der Waals surface area contributed by atoms with Gasteiger partial charge in [-0.3, -0.25) is 10.5 Å². The Kier molecular flexibility index (Phi) is 4.11. The van der Waals surface area contributed by atoms with Crippen LogP contribution in [-0.2, 0) is 6.54 Å². The highest BCUT2D eigenvalue weighted by atomic mass is 79.9. The van der Waals surface area contributed by atoms with Crippen LogP contribution in [0.5, 0.6) is 0 Å². The molecule has 0 bridgehead atoms. The molecule has 1 atom stereocenters. The van der Waals surface area contributed by atoms with Crippen LogP contribution < -0.4 is 11.3 Å². The van der Waals surface area contributed by atoms with E-state index >= 15 is 0 Å². The quantitative estimate of drug-likeness (QED) is 0.673. The summed E-state index contributed by atoms with van der Waals surface area (Å²) in [5.74, 6) is 5.29. The van der Waals surface area contributed by atoms with E-state index in [1.165, 1.54) is 6.07 Å². The summed E-state index contributed by atoms with van der Waals surface area (Å²) < 4.78 is 15.8. The Balaban J connectivity index is 2.49. The number of nitrogens with one attached hydrogen (secondary N) is 1. The number of hydrazine groups is 1. The summed E-state index contributed by atoms with van der Waals surface area (Å²) in [6.07, 6.45) is 1.70. The van der Waals surface area contributed by atoms with E-state index in [9.17, 15) is 4.39 Å². The van der Waals surface area contributed by atoms with Gasteiger partial charge in [-0.2, -0.15) is 5.10 Å². The van der Waals surface area contributed by atoms with E-state index in [2.05, 4.69) is 26.5 Å². The van der Waals surface area contributed by atoms with Gasteiger partial charge in [-0.1, -0.05) is 12.1 Å². The smallest absolute Gasteiger partial charge is 0.137 e. The minimum absolute atomic E-state index is 0.308. The Morgan fingerprint density at radius 2 is 2.28 bits per heavy atom. The van der Waals surface area contributed by atoms with Crippen molar-refractivity contribution in [1.82, 2.24) is 15.2 Å². The van der Waals surface area contributed by atoms with Crippen molar-refractivity contribution in [3.8, 4) is 0 Å². The Bertz CT molecular complexity index is 541. The second-order valence-corrected chi connectivity index (χ2v) is 4.61. The highest BCUT2D eigenvalue weighted by molar-refractivity contribution is 9.10. The van der Waals surface area contributed by atoms with Gasteiger partial charge >= 0.3 is 0 Å². The maximum Gasteiger partial charge on any atom is 0.137 e. The number of hydrogen-bond acceptors (Lipinski definition) is 3. The molecule has 0 aliphatic rings. The molecule has 0 amide bonds. The van der Waals surface area contributed by atoms with Gasteiger partial charge in [0.05, 0.1) is 16.2 Å². The first-order chi connectivity index (χ1) is 8.69. The van der Waals surface area contributed by atoms with E-state index < -0.39 is 0 Å². The Hall–Kier alpha value is -1.24. The summed E-state index contributed by atoms with van der Waals surface area (Å²) >= 11 is 3.25. The molecular formula is C12H14BrFN4. The van der Waals surface area contributed by atoms with Crippen LogP contribution in [0.1, 0.15) is 24.2 Å². The van der Waals surface area contributed by atoms with Gasteiger partial charge in [0.15, 0.2) is 0 Å². The zero-order valence-corrected chi connectivity index (χ0v) is 11.5. The van der Waals surface area contributed by atoms with Crippen LogP contribution in [0.3, 0.4) is 0 Å². The average molecular weight is 313 g/mol. The largest absolute Gasteiger partial charge is 0.271 e. The molecule has 18 heavy (non-hydrogen) atoms. The number of halogens is 2. The second kappa shape index (κ2) is 5.60. The lowest BCUT2D eigenvalue weighted by molar-refractivity contribution is 0.537. The van der Waals surface area contributed by atoms with Gasteiger partial charge in [0, 0.05) is 12.7 Å². The Labute approximate surface area is 113 Å². The van der Waals surface area contributed by atoms with Crippen molar-refractivity contribution < 1.29 is 4.39 Å². The van der Waals surface area contributed by atoms with Crippen molar-refractivity contribution >= 4 is 15.9 Å². The number of aryl methyl sites for hydroxylation is 1. The fourth-order valence-corrected chi connectivity index (χ4v) is 2.42. The molecule has 0 aliphatic heterocycles. The summed E-state index contributed by atoms with van der Waals surface area (Å²) in [4.78, 5) is 0. The maximum atomic E-state index is 13.6. The van der Waals surface area contributed by atoms with E-state index in [1.54, 1.807) is 12.3 Å². The standard InChI is InChI=1S/C12H14BrFN4/c1-2-18-10(6-7-16-18)12(17-15)8-4-3-5-9(14)11(8)13/h3-7,12,17H,2,15H2,1H3. The maximum absolute atomic E-state index is 13.6. The highest BCUT2D eigenvalue weighted by Crippen LogP contribution is 2.29. The van der Waals surface area contributed by atoms with Gasteiger partial charge in [0.2, 0.25) is 0 Å². The highest BCUT2D eigenvalue weighted by Gasteiger charge is 2.20. The SMILES string of the molecule is CCn1nccc1C(NN)c1cccc(F)c1Br. The van der Waals surface area contributed by atoms with Gasteiger partial charge in [0.1, 0.15) is 5.82 Å². The van der Waals surface area contributed by atoms with E-state index in [-0.39, 0.29) is 11.9 Å². The van der Waals surface area contributed by atoms with Crippen LogP contribution in [0.2, 0.25) is 0 Å².